The van der Waals surface area contributed by atoms with Crippen molar-refractivity contribution >= 4 is 17.2 Å². The maximum absolute atomic E-state index is 12.8. The lowest BCUT2D eigenvalue weighted by molar-refractivity contribution is -0.131. The van der Waals surface area contributed by atoms with Gasteiger partial charge in [0.15, 0.2) is 0 Å². The summed E-state index contributed by atoms with van der Waals surface area (Å²) in [5.74, 6) is 0.322. The highest BCUT2D eigenvalue weighted by molar-refractivity contribution is 7.08. The minimum absolute atomic E-state index is 0.0752. The number of carbonyl (C=O) groups is 1. The lowest BCUT2D eigenvalue weighted by atomic mass is 10.0. The van der Waals surface area contributed by atoms with Crippen LogP contribution in [0.2, 0.25) is 0 Å². The summed E-state index contributed by atoms with van der Waals surface area (Å²) >= 11 is 1.70. The van der Waals surface area contributed by atoms with Crippen LogP contribution in [0.3, 0.4) is 0 Å². The number of nitrogens with one attached hydrogen (secondary N) is 1. The fraction of sp³-hybridized carbons (Fsp3) is 0.688. The highest BCUT2D eigenvalue weighted by Gasteiger charge is 2.61. The van der Waals surface area contributed by atoms with Crippen molar-refractivity contribution in [3.05, 3.63) is 22.4 Å². The van der Waals surface area contributed by atoms with E-state index in [4.69, 9.17) is 4.74 Å². The first-order valence-electron chi connectivity index (χ1n) is 7.78. The molecule has 1 amide bonds. The van der Waals surface area contributed by atoms with Gasteiger partial charge in [0.05, 0.1) is 0 Å². The Bertz CT molecular complexity index is 534. The summed E-state index contributed by atoms with van der Waals surface area (Å²) in [5, 5.41) is 7.86. The molecule has 1 spiro atoms. The molecule has 3 aliphatic rings. The smallest absolute Gasteiger partial charge is 0.244 e. The molecular formula is C16H22N2O2S. The molecular weight excluding hydrogens is 284 g/mol. The Labute approximate surface area is 129 Å². The first-order valence-corrected chi connectivity index (χ1v) is 8.72. The molecule has 2 saturated carbocycles. The van der Waals surface area contributed by atoms with Gasteiger partial charge in [-0.15, -0.1) is 0 Å². The first kappa shape index (κ1) is 13.7. The number of thiophene rings is 1. The Morgan fingerprint density at radius 3 is 2.81 bits per heavy atom. The van der Waals surface area contributed by atoms with Crippen LogP contribution in [-0.2, 0) is 9.53 Å². The summed E-state index contributed by atoms with van der Waals surface area (Å²) in [6.07, 6.45) is 5.58. The Morgan fingerprint density at radius 1 is 1.43 bits per heavy atom. The highest BCUT2D eigenvalue weighted by Crippen LogP contribution is 2.53. The van der Waals surface area contributed by atoms with E-state index in [-0.39, 0.29) is 11.7 Å². The van der Waals surface area contributed by atoms with Gasteiger partial charge >= 0.3 is 0 Å². The van der Waals surface area contributed by atoms with Crippen LogP contribution in [0.25, 0.3) is 0 Å². The van der Waals surface area contributed by atoms with E-state index >= 15 is 0 Å². The summed E-state index contributed by atoms with van der Waals surface area (Å²) in [4.78, 5) is 14.9. The quantitative estimate of drug-likeness (QED) is 0.878. The average Bonchev–Trinajstić information content (AvgIpc) is 3.36. The van der Waals surface area contributed by atoms with Gasteiger partial charge < -0.3 is 9.64 Å². The second-order valence-electron chi connectivity index (χ2n) is 6.86. The fourth-order valence-electron chi connectivity index (χ4n) is 3.48. The van der Waals surface area contributed by atoms with E-state index in [0.717, 1.165) is 32.4 Å². The van der Waals surface area contributed by atoms with Gasteiger partial charge in [-0.2, -0.15) is 11.3 Å². The number of methoxy groups -OCH3 is 1. The minimum Gasteiger partial charge on any atom is -0.385 e. The highest BCUT2D eigenvalue weighted by atomic mass is 32.1. The van der Waals surface area contributed by atoms with Crippen molar-refractivity contribution in [1.82, 2.24) is 10.2 Å². The molecule has 3 fully saturated rings. The van der Waals surface area contributed by atoms with Crippen molar-refractivity contribution in [2.75, 3.05) is 20.3 Å². The number of amides is 1. The van der Waals surface area contributed by atoms with Crippen LogP contribution in [0.5, 0.6) is 0 Å². The molecule has 1 aromatic heterocycles. The maximum atomic E-state index is 12.8. The van der Waals surface area contributed by atoms with Crippen molar-refractivity contribution in [3.8, 4) is 0 Å². The first-order chi connectivity index (χ1) is 10.2. The van der Waals surface area contributed by atoms with Crippen LogP contribution in [-0.4, -0.2) is 36.6 Å². The summed E-state index contributed by atoms with van der Waals surface area (Å²) in [5.41, 5.74) is 1.31. The second kappa shape index (κ2) is 4.80. The predicted octanol–water partition coefficient (Wildman–Crippen LogP) is 2.53. The molecule has 4 nitrogen and oxygen atoms in total. The van der Waals surface area contributed by atoms with E-state index in [1.54, 1.807) is 18.4 Å². The van der Waals surface area contributed by atoms with E-state index in [2.05, 4.69) is 27.0 Å². The van der Waals surface area contributed by atoms with Crippen molar-refractivity contribution < 1.29 is 9.53 Å². The van der Waals surface area contributed by atoms with E-state index in [1.807, 2.05) is 0 Å². The Hall–Kier alpha value is -0.910. The molecule has 0 bridgehead atoms. The van der Waals surface area contributed by atoms with Crippen LogP contribution in [0.1, 0.15) is 43.8 Å². The van der Waals surface area contributed by atoms with E-state index < -0.39 is 0 Å². The summed E-state index contributed by atoms with van der Waals surface area (Å²) in [6, 6.07) is 2.14. The largest absolute Gasteiger partial charge is 0.385 e. The van der Waals surface area contributed by atoms with Crippen molar-refractivity contribution in [2.45, 2.75) is 43.8 Å². The molecule has 0 aromatic carbocycles. The minimum atomic E-state index is -0.232. The second-order valence-corrected chi connectivity index (χ2v) is 7.64. The number of ether oxygens (including phenoxy) is 1. The molecule has 5 heteroatoms. The van der Waals surface area contributed by atoms with Crippen LogP contribution in [0, 0.1) is 5.41 Å². The number of hydrogen-bond acceptors (Lipinski definition) is 4. The van der Waals surface area contributed by atoms with Gasteiger partial charge in [-0.05, 0) is 59.9 Å². The van der Waals surface area contributed by atoms with Crippen molar-refractivity contribution in [3.63, 3.8) is 0 Å². The molecule has 2 heterocycles. The molecule has 1 aromatic rings. The third-order valence-corrected chi connectivity index (χ3v) is 6.00. The lowest BCUT2D eigenvalue weighted by Crippen LogP contribution is -2.36. The molecule has 114 valence electrons. The van der Waals surface area contributed by atoms with Crippen LogP contribution < -0.4 is 5.32 Å². The van der Waals surface area contributed by atoms with Gasteiger partial charge in [-0.25, -0.2) is 0 Å². The Kier molecular flexibility index (Phi) is 3.14. The van der Waals surface area contributed by atoms with E-state index in [0.29, 0.717) is 11.3 Å². The lowest BCUT2D eigenvalue weighted by Gasteiger charge is -2.28. The van der Waals surface area contributed by atoms with Crippen molar-refractivity contribution in [1.29, 1.82) is 0 Å². The zero-order chi connectivity index (χ0) is 14.5. The molecule has 2 aliphatic carbocycles. The third kappa shape index (κ3) is 2.31. The van der Waals surface area contributed by atoms with Crippen molar-refractivity contribution in [2.24, 2.45) is 5.41 Å². The predicted molar refractivity (Wildman–Crippen MR) is 82.0 cm³/mol. The molecule has 21 heavy (non-hydrogen) atoms. The van der Waals surface area contributed by atoms with E-state index in [1.165, 1.54) is 18.4 Å². The average molecular weight is 306 g/mol. The number of hydrogen-bond donors (Lipinski definition) is 1. The van der Waals surface area contributed by atoms with Crippen LogP contribution in [0.15, 0.2) is 16.8 Å². The monoisotopic (exact) mass is 306 g/mol. The Balaban J connectivity index is 1.55. The van der Waals surface area contributed by atoms with Gasteiger partial charge in [0.1, 0.15) is 11.7 Å². The zero-order valence-corrected chi connectivity index (χ0v) is 13.2. The van der Waals surface area contributed by atoms with Crippen LogP contribution in [0.4, 0.5) is 0 Å². The topological polar surface area (TPSA) is 41.6 Å². The molecule has 1 saturated heterocycles. The number of rotatable bonds is 6. The van der Waals surface area contributed by atoms with Gasteiger partial charge in [-0.3, -0.25) is 10.1 Å². The maximum Gasteiger partial charge on any atom is 0.244 e. The zero-order valence-electron chi connectivity index (χ0n) is 12.4. The standard InChI is InChI=1S/C16H22N2O2S/c1-20-8-7-15(3-4-15)11-18-13(12-2-9-21-10-12)17-16(5-6-16)14(18)19/h2,9-10,13,17H,3-8,11H2,1H3. The summed E-state index contributed by atoms with van der Waals surface area (Å²) in [6.45, 7) is 1.67. The van der Waals surface area contributed by atoms with Gasteiger partial charge in [0.25, 0.3) is 0 Å². The summed E-state index contributed by atoms with van der Waals surface area (Å²) in [7, 11) is 1.76. The van der Waals surface area contributed by atoms with E-state index in [9.17, 15) is 4.79 Å². The molecule has 1 N–H and O–H groups in total. The Morgan fingerprint density at radius 2 is 2.24 bits per heavy atom. The van der Waals surface area contributed by atoms with Gasteiger partial charge in [0.2, 0.25) is 5.91 Å². The molecule has 1 aliphatic heterocycles. The van der Waals surface area contributed by atoms with Crippen LogP contribution >= 0.6 is 11.3 Å². The summed E-state index contributed by atoms with van der Waals surface area (Å²) < 4.78 is 5.24. The van der Waals surface area contributed by atoms with Gasteiger partial charge in [0, 0.05) is 20.3 Å². The SMILES string of the molecule is COCCC1(CN2C(=O)C3(CC3)NC2c2ccsc2)CC1. The molecule has 0 radical (unpaired) electrons. The normalized spacial score (nSPS) is 28.3. The van der Waals surface area contributed by atoms with Gasteiger partial charge in [-0.1, -0.05) is 0 Å². The molecule has 4 rings (SSSR count). The third-order valence-electron chi connectivity index (χ3n) is 5.30. The number of carbonyl (C=O) groups excluding carboxylic acids is 1. The number of nitrogens with zero attached hydrogens (tertiary/aromatic N) is 1. The molecule has 1 atom stereocenters. The molecule has 1 unspecified atom stereocenters. The fourth-order valence-corrected chi connectivity index (χ4v) is 4.16.